The van der Waals surface area contributed by atoms with Crippen LogP contribution in [0.15, 0.2) is 42.9 Å². The molecule has 0 aliphatic rings. The van der Waals surface area contributed by atoms with E-state index in [-0.39, 0.29) is 0 Å². The van der Waals surface area contributed by atoms with Gasteiger partial charge in [0.1, 0.15) is 5.82 Å². The quantitative estimate of drug-likeness (QED) is 0.847. The van der Waals surface area contributed by atoms with E-state index in [1.165, 1.54) is 11.1 Å². The third-order valence-corrected chi connectivity index (χ3v) is 2.44. The lowest BCUT2D eigenvalue weighted by atomic mass is 10.2. The van der Waals surface area contributed by atoms with Crippen molar-refractivity contribution in [3.8, 4) is 0 Å². The largest absolute Gasteiger partial charge is 0.370 e. The first-order valence-corrected chi connectivity index (χ1v) is 5.40. The molecule has 3 nitrogen and oxygen atoms in total. The molecule has 0 aliphatic heterocycles. The van der Waals surface area contributed by atoms with Gasteiger partial charge in [0.2, 0.25) is 0 Å². The number of hydrogen-bond donors (Lipinski definition) is 1. The van der Waals surface area contributed by atoms with Gasteiger partial charge in [-0.15, -0.1) is 0 Å². The molecule has 82 valence electrons. The minimum atomic E-state index is 0.879. The van der Waals surface area contributed by atoms with Crippen molar-refractivity contribution in [2.24, 2.45) is 0 Å². The smallest absolute Gasteiger partial charge is 0.128 e. The summed E-state index contributed by atoms with van der Waals surface area (Å²) in [5.41, 5.74) is 2.41. The second-order valence-corrected chi connectivity index (χ2v) is 3.71. The summed E-state index contributed by atoms with van der Waals surface area (Å²) in [5, 5.41) is 3.32. The van der Waals surface area contributed by atoms with E-state index < -0.39 is 0 Å². The molecule has 0 radical (unpaired) electrons. The van der Waals surface area contributed by atoms with Crippen LogP contribution in [0.5, 0.6) is 0 Å². The van der Waals surface area contributed by atoms with Crippen molar-refractivity contribution < 1.29 is 0 Å². The maximum absolute atomic E-state index is 4.28. The maximum atomic E-state index is 4.28. The van der Waals surface area contributed by atoms with Gasteiger partial charge in [0.05, 0.1) is 0 Å². The molecule has 0 saturated carbocycles. The van der Waals surface area contributed by atoms with Gasteiger partial charge in [0, 0.05) is 25.1 Å². The number of aryl methyl sites for hydroxylation is 1. The fourth-order valence-electron chi connectivity index (χ4n) is 1.54. The molecule has 2 aromatic heterocycles. The van der Waals surface area contributed by atoms with Gasteiger partial charge < -0.3 is 5.32 Å². The summed E-state index contributed by atoms with van der Waals surface area (Å²) in [6.07, 6.45) is 6.45. The van der Waals surface area contributed by atoms with Crippen LogP contribution in [0.1, 0.15) is 11.1 Å². The predicted molar refractivity (Wildman–Crippen MR) is 65.4 cm³/mol. The highest BCUT2D eigenvalue weighted by molar-refractivity contribution is 5.42. The van der Waals surface area contributed by atoms with Crippen LogP contribution < -0.4 is 5.32 Å². The molecule has 0 amide bonds. The Balaban J connectivity index is 1.87. The average molecular weight is 213 g/mol. The van der Waals surface area contributed by atoms with Crippen LogP contribution in [0.25, 0.3) is 0 Å². The molecule has 0 bridgehead atoms. The van der Waals surface area contributed by atoms with Gasteiger partial charge in [-0.1, -0.05) is 12.1 Å². The van der Waals surface area contributed by atoms with E-state index in [0.717, 1.165) is 18.8 Å². The molecule has 16 heavy (non-hydrogen) atoms. The highest BCUT2D eigenvalue weighted by Crippen LogP contribution is 2.09. The standard InChI is InChI=1S/C13H15N3/c1-11-4-2-8-15-13(11)16-9-6-12-5-3-7-14-10-12/h2-5,7-8,10H,6,9H2,1H3,(H,15,16). The Morgan fingerprint density at radius 1 is 1.19 bits per heavy atom. The second kappa shape index (κ2) is 5.26. The minimum absolute atomic E-state index is 0.879. The zero-order valence-electron chi connectivity index (χ0n) is 9.35. The SMILES string of the molecule is Cc1cccnc1NCCc1cccnc1. The highest BCUT2D eigenvalue weighted by Gasteiger charge is 1.97. The number of hydrogen-bond acceptors (Lipinski definition) is 3. The van der Waals surface area contributed by atoms with Gasteiger partial charge in [-0.2, -0.15) is 0 Å². The Bertz CT molecular complexity index is 440. The van der Waals surface area contributed by atoms with Gasteiger partial charge in [-0.3, -0.25) is 4.98 Å². The number of anilines is 1. The lowest BCUT2D eigenvalue weighted by Crippen LogP contribution is -2.07. The Morgan fingerprint density at radius 2 is 2.06 bits per heavy atom. The summed E-state index contributed by atoms with van der Waals surface area (Å²) >= 11 is 0. The molecule has 2 aromatic rings. The molecule has 0 spiro atoms. The number of rotatable bonds is 4. The zero-order chi connectivity index (χ0) is 11.2. The predicted octanol–water partition coefficient (Wildman–Crippen LogP) is 2.44. The Labute approximate surface area is 95.6 Å². The van der Waals surface area contributed by atoms with Gasteiger partial charge in [0.25, 0.3) is 0 Å². The zero-order valence-corrected chi connectivity index (χ0v) is 9.35. The van der Waals surface area contributed by atoms with Crippen molar-refractivity contribution in [1.82, 2.24) is 9.97 Å². The number of aromatic nitrogens is 2. The fourth-order valence-corrected chi connectivity index (χ4v) is 1.54. The second-order valence-electron chi connectivity index (χ2n) is 3.71. The molecular formula is C13H15N3. The summed E-state index contributed by atoms with van der Waals surface area (Å²) in [4.78, 5) is 8.37. The average Bonchev–Trinajstić information content (AvgIpc) is 2.33. The monoisotopic (exact) mass is 213 g/mol. The molecule has 2 rings (SSSR count). The van der Waals surface area contributed by atoms with Crippen LogP contribution in [-0.4, -0.2) is 16.5 Å². The summed E-state index contributed by atoms with van der Waals surface area (Å²) in [6.45, 7) is 2.93. The van der Waals surface area contributed by atoms with Crippen molar-refractivity contribution in [2.45, 2.75) is 13.3 Å². The van der Waals surface area contributed by atoms with Gasteiger partial charge in [-0.25, -0.2) is 4.98 Å². The van der Waals surface area contributed by atoms with Gasteiger partial charge in [0.15, 0.2) is 0 Å². The van der Waals surface area contributed by atoms with Crippen molar-refractivity contribution in [2.75, 3.05) is 11.9 Å². The lowest BCUT2D eigenvalue weighted by Gasteiger charge is -2.07. The lowest BCUT2D eigenvalue weighted by molar-refractivity contribution is 0.990. The van der Waals surface area contributed by atoms with Crippen LogP contribution >= 0.6 is 0 Å². The van der Waals surface area contributed by atoms with Crippen molar-refractivity contribution in [3.63, 3.8) is 0 Å². The summed E-state index contributed by atoms with van der Waals surface area (Å²) in [6, 6.07) is 8.04. The van der Waals surface area contributed by atoms with E-state index in [1.54, 1.807) is 12.4 Å². The normalized spacial score (nSPS) is 10.1. The molecule has 0 fully saturated rings. The first-order chi connectivity index (χ1) is 7.86. The van der Waals surface area contributed by atoms with E-state index in [9.17, 15) is 0 Å². The molecule has 0 atom stereocenters. The molecule has 0 aromatic carbocycles. The Hall–Kier alpha value is -1.90. The third-order valence-electron chi connectivity index (χ3n) is 2.44. The van der Waals surface area contributed by atoms with E-state index in [2.05, 4.69) is 34.3 Å². The molecular weight excluding hydrogens is 198 g/mol. The summed E-state index contributed by atoms with van der Waals surface area (Å²) in [7, 11) is 0. The molecule has 0 unspecified atom stereocenters. The number of nitrogens with one attached hydrogen (secondary N) is 1. The van der Waals surface area contributed by atoms with Gasteiger partial charge in [-0.05, 0) is 36.6 Å². The topological polar surface area (TPSA) is 37.8 Å². The minimum Gasteiger partial charge on any atom is -0.370 e. The molecule has 1 N–H and O–H groups in total. The molecule has 2 heterocycles. The first kappa shape index (κ1) is 10.6. The fraction of sp³-hybridized carbons (Fsp3) is 0.231. The van der Waals surface area contributed by atoms with E-state index in [1.807, 2.05) is 18.3 Å². The third kappa shape index (κ3) is 2.79. The van der Waals surface area contributed by atoms with Crippen LogP contribution in [0.2, 0.25) is 0 Å². The van der Waals surface area contributed by atoms with Crippen LogP contribution in [-0.2, 0) is 6.42 Å². The number of nitrogens with zero attached hydrogens (tertiary/aromatic N) is 2. The van der Waals surface area contributed by atoms with Crippen LogP contribution in [0.3, 0.4) is 0 Å². The maximum Gasteiger partial charge on any atom is 0.128 e. The van der Waals surface area contributed by atoms with Crippen LogP contribution in [0, 0.1) is 6.92 Å². The molecule has 0 aliphatic carbocycles. The molecule has 3 heteroatoms. The Morgan fingerprint density at radius 3 is 2.81 bits per heavy atom. The van der Waals surface area contributed by atoms with E-state index >= 15 is 0 Å². The number of pyridine rings is 2. The van der Waals surface area contributed by atoms with Gasteiger partial charge >= 0.3 is 0 Å². The first-order valence-electron chi connectivity index (χ1n) is 5.40. The Kier molecular flexibility index (Phi) is 3.49. The summed E-state index contributed by atoms with van der Waals surface area (Å²) < 4.78 is 0. The van der Waals surface area contributed by atoms with Crippen molar-refractivity contribution in [3.05, 3.63) is 54.0 Å². The van der Waals surface area contributed by atoms with E-state index in [0.29, 0.717) is 0 Å². The molecule has 0 saturated heterocycles. The van der Waals surface area contributed by atoms with E-state index in [4.69, 9.17) is 0 Å². The van der Waals surface area contributed by atoms with Crippen molar-refractivity contribution >= 4 is 5.82 Å². The summed E-state index contributed by atoms with van der Waals surface area (Å²) in [5.74, 6) is 0.964. The van der Waals surface area contributed by atoms with Crippen LogP contribution in [0.4, 0.5) is 5.82 Å². The highest BCUT2D eigenvalue weighted by atomic mass is 15.0. The van der Waals surface area contributed by atoms with Crippen molar-refractivity contribution in [1.29, 1.82) is 0 Å².